The van der Waals surface area contributed by atoms with Crippen LogP contribution in [-0.2, 0) is 17.9 Å². The summed E-state index contributed by atoms with van der Waals surface area (Å²) in [5, 5.41) is 0. The van der Waals surface area contributed by atoms with E-state index in [1.807, 2.05) is 31.3 Å². The predicted octanol–water partition coefficient (Wildman–Crippen LogP) is 3.13. The Morgan fingerprint density at radius 3 is 2.83 bits per heavy atom. The van der Waals surface area contributed by atoms with Crippen LogP contribution in [0.25, 0.3) is 5.57 Å². The van der Waals surface area contributed by atoms with Gasteiger partial charge in [-0.3, -0.25) is 0 Å². The zero-order valence-corrected chi connectivity index (χ0v) is 10.7. The van der Waals surface area contributed by atoms with Crippen LogP contribution in [0.3, 0.4) is 0 Å². The molecule has 0 saturated heterocycles. The maximum absolute atomic E-state index is 5.65. The standard InChI is InChI=1S/C15H18N2O/c1-13(2)15-16-8-9-17(15)10-11-18-12-14-6-4-3-5-7-14/h3-9H,1,10-12H2,2H3. The van der Waals surface area contributed by atoms with Gasteiger partial charge in [0.25, 0.3) is 0 Å². The average Bonchev–Trinajstić information content (AvgIpc) is 2.84. The van der Waals surface area contributed by atoms with Gasteiger partial charge in [-0.25, -0.2) is 4.98 Å². The van der Waals surface area contributed by atoms with E-state index >= 15 is 0 Å². The minimum Gasteiger partial charge on any atom is -0.375 e. The molecule has 0 unspecified atom stereocenters. The van der Waals surface area contributed by atoms with E-state index in [-0.39, 0.29) is 0 Å². The SMILES string of the molecule is C=C(C)c1nccn1CCOCc1ccccc1. The third-order valence-electron chi connectivity index (χ3n) is 2.69. The number of rotatable bonds is 6. The Bertz CT molecular complexity index is 502. The molecule has 0 saturated carbocycles. The maximum atomic E-state index is 5.65. The lowest BCUT2D eigenvalue weighted by Gasteiger charge is -2.08. The van der Waals surface area contributed by atoms with Crippen LogP contribution in [0.15, 0.2) is 49.3 Å². The fourth-order valence-electron chi connectivity index (χ4n) is 1.79. The van der Waals surface area contributed by atoms with Crippen molar-refractivity contribution < 1.29 is 4.74 Å². The van der Waals surface area contributed by atoms with Crippen LogP contribution in [0, 0.1) is 0 Å². The zero-order valence-electron chi connectivity index (χ0n) is 10.7. The molecule has 0 bridgehead atoms. The van der Waals surface area contributed by atoms with Gasteiger partial charge in [-0.2, -0.15) is 0 Å². The van der Waals surface area contributed by atoms with Crippen LogP contribution in [-0.4, -0.2) is 16.2 Å². The Kier molecular flexibility index (Phi) is 4.31. The van der Waals surface area contributed by atoms with E-state index < -0.39 is 0 Å². The van der Waals surface area contributed by atoms with Crippen molar-refractivity contribution >= 4 is 5.57 Å². The van der Waals surface area contributed by atoms with Crippen molar-refractivity contribution in [3.8, 4) is 0 Å². The second-order valence-corrected chi connectivity index (χ2v) is 4.26. The van der Waals surface area contributed by atoms with Crippen LogP contribution < -0.4 is 0 Å². The van der Waals surface area contributed by atoms with E-state index in [1.165, 1.54) is 5.56 Å². The van der Waals surface area contributed by atoms with Crippen LogP contribution in [0.4, 0.5) is 0 Å². The first-order valence-corrected chi connectivity index (χ1v) is 6.06. The number of imidazole rings is 1. The highest BCUT2D eigenvalue weighted by molar-refractivity contribution is 5.54. The van der Waals surface area contributed by atoms with Crippen LogP contribution in [0.1, 0.15) is 18.3 Å². The van der Waals surface area contributed by atoms with Gasteiger partial charge in [0.05, 0.1) is 13.2 Å². The molecule has 94 valence electrons. The first kappa shape index (κ1) is 12.6. The van der Waals surface area contributed by atoms with Gasteiger partial charge in [0.15, 0.2) is 0 Å². The molecule has 0 amide bonds. The lowest BCUT2D eigenvalue weighted by molar-refractivity contribution is 0.113. The second kappa shape index (κ2) is 6.17. The summed E-state index contributed by atoms with van der Waals surface area (Å²) in [6.45, 7) is 8.00. The van der Waals surface area contributed by atoms with Gasteiger partial charge in [0.2, 0.25) is 0 Å². The highest BCUT2D eigenvalue weighted by atomic mass is 16.5. The molecular weight excluding hydrogens is 224 g/mol. The molecule has 0 aliphatic heterocycles. The molecule has 3 nitrogen and oxygen atoms in total. The molecule has 0 radical (unpaired) electrons. The second-order valence-electron chi connectivity index (χ2n) is 4.26. The topological polar surface area (TPSA) is 27.1 Å². The van der Waals surface area contributed by atoms with Gasteiger partial charge in [-0.15, -0.1) is 0 Å². The van der Waals surface area contributed by atoms with Crippen molar-refractivity contribution in [1.29, 1.82) is 0 Å². The lowest BCUT2D eigenvalue weighted by Crippen LogP contribution is -2.07. The summed E-state index contributed by atoms with van der Waals surface area (Å²) < 4.78 is 7.71. The van der Waals surface area contributed by atoms with Gasteiger partial charge < -0.3 is 9.30 Å². The van der Waals surface area contributed by atoms with E-state index in [4.69, 9.17) is 4.74 Å². The molecule has 3 heteroatoms. The Hall–Kier alpha value is -1.87. The summed E-state index contributed by atoms with van der Waals surface area (Å²) >= 11 is 0. The molecule has 1 heterocycles. The van der Waals surface area contributed by atoms with Crippen molar-refractivity contribution in [2.45, 2.75) is 20.1 Å². The fourth-order valence-corrected chi connectivity index (χ4v) is 1.79. The summed E-state index contributed by atoms with van der Waals surface area (Å²) in [5.41, 5.74) is 2.17. The van der Waals surface area contributed by atoms with Gasteiger partial charge in [0, 0.05) is 18.9 Å². The summed E-state index contributed by atoms with van der Waals surface area (Å²) in [4.78, 5) is 4.26. The van der Waals surface area contributed by atoms with Gasteiger partial charge >= 0.3 is 0 Å². The monoisotopic (exact) mass is 242 g/mol. The highest BCUT2D eigenvalue weighted by Gasteiger charge is 2.02. The Labute approximate surface area is 108 Å². The fraction of sp³-hybridized carbons (Fsp3) is 0.267. The zero-order chi connectivity index (χ0) is 12.8. The molecule has 2 rings (SSSR count). The Morgan fingerprint density at radius 1 is 1.33 bits per heavy atom. The minimum absolute atomic E-state index is 0.651. The number of benzene rings is 1. The normalized spacial score (nSPS) is 10.5. The Morgan fingerprint density at radius 2 is 2.11 bits per heavy atom. The first-order valence-electron chi connectivity index (χ1n) is 6.06. The number of hydrogen-bond acceptors (Lipinski definition) is 2. The smallest absolute Gasteiger partial charge is 0.134 e. The molecule has 18 heavy (non-hydrogen) atoms. The van der Waals surface area contributed by atoms with E-state index in [1.54, 1.807) is 6.20 Å². The lowest BCUT2D eigenvalue weighted by atomic mass is 10.2. The van der Waals surface area contributed by atoms with Gasteiger partial charge in [-0.05, 0) is 18.1 Å². The predicted molar refractivity (Wildman–Crippen MR) is 73.0 cm³/mol. The molecule has 0 atom stereocenters. The molecule has 0 fully saturated rings. The van der Waals surface area contributed by atoms with Crippen molar-refractivity contribution in [2.75, 3.05) is 6.61 Å². The van der Waals surface area contributed by atoms with Crippen LogP contribution in [0.5, 0.6) is 0 Å². The maximum Gasteiger partial charge on any atom is 0.134 e. The minimum atomic E-state index is 0.651. The average molecular weight is 242 g/mol. The number of allylic oxidation sites excluding steroid dienone is 1. The highest BCUT2D eigenvalue weighted by Crippen LogP contribution is 2.08. The van der Waals surface area contributed by atoms with E-state index in [9.17, 15) is 0 Å². The van der Waals surface area contributed by atoms with E-state index in [2.05, 4.69) is 28.3 Å². The van der Waals surface area contributed by atoms with Crippen molar-refractivity contribution in [3.63, 3.8) is 0 Å². The molecular formula is C15H18N2O. The van der Waals surface area contributed by atoms with Gasteiger partial charge in [-0.1, -0.05) is 36.9 Å². The van der Waals surface area contributed by atoms with Crippen LogP contribution >= 0.6 is 0 Å². The number of hydrogen-bond donors (Lipinski definition) is 0. The van der Waals surface area contributed by atoms with Crippen molar-refractivity contribution in [1.82, 2.24) is 9.55 Å². The first-order chi connectivity index (χ1) is 8.77. The molecule has 1 aromatic carbocycles. The van der Waals surface area contributed by atoms with E-state index in [0.717, 1.165) is 17.9 Å². The van der Waals surface area contributed by atoms with Crippen molar-refractivity contribution in [3.05, 3.63) is 60.7 Å². The molecule has 2 aromatic rings. The largest absolute Gasteiger partial charge is 0.375 e. The number of ether oxygens (including phenoxy) is 1. The summed E-state index contributed by atoms with van der Waals surface area (Å²) in [6, 6.07) is 10.2. The quantitative estimate of drug-likeness (QED) is 0.728. The molecule has 1 aromatic heterocycles. The van der Waals surface area contributed by atoms with E-state index in [0.29, 0.717) is 13.2 Å². The molecule has 0 spiro atoms. The Balaban J connectivity index is 1.79. The third kappa shape index (κ3) is 3.31. The number of nitrogens with zero attached hydrogens (tertiary/aromatic N) is 2. The van der Waals surface area contributed by atoms with Gasteiger partial charge in [0.1, 0.15) is 5.82 Å². The summed E-state index contributed by atoms with van der Waals surface area (Å²) in [7, 11) is 0. The summed E-state index contributed by atoms with van der Waals surface area (Å²) in [6.07, 6.45) is 3.75. The summed E-state index contributed by atoms with van der Waals surface area (Å²) in [5.74, 6) is 0.929. The molecule has 0 N–H and O–H groups in total. The third-order valence-corrected chi connectivity index (χ3v) is 2.69. The van der Waals surface area contributed by atoms with Crippen molar-refractivity contribution in [2.24, 2.45) is 0 Å². The molecule has 0 aliphatic carbocycles. The van der Waals surface area contributed by atoms with Crippen LogP contribution in [0.2, 0.25) is 0 Å². The molecule has 0 aliphatic rings. The number of aromatic nitrogens is 2.